The molecule has 0 bridgehead atoms. The highest BCUT2D eigenvalue weighted by Crippen LogP contribution is 1.93. The summed E-state index contributed by atoms with van der Waals surface area (Å²) in [4.78, 5) is 9.61. The standard InChI is InChI=1S/C6H11NO4S/c1-6(2)11-3-4-12(9,10)7-5-8/h6H,3-4H2,1-2H3. The molecule has 0 rings (SSSR count). The van der Waals surface area contributed by atoms with Gasteiger partial charge in [-0.1, -0.05) is 4.40 Å². The number of hydrogen-bond donors (Lipinski definition) is 0. The quantitative estimate of drug-likeness (QED) is 0.457. The van der Waals surface area contributed by atoms with Crippen LogP contribution in [0, 0.1) is 0 Å². The van der Waals surface area contributed by atoms with Crippen molar-refractivity contribution in [1.29, 1.82) is 0 Å². The molecule has 12 heavy (non-hydrogen) atoms. The van der Waals surface area contributed by atoms with Gasteiger partial charge in [-0.25, -0.2) is 13.2 Å². The van der Waals surface area contributed by atoms with Gasteiger partial charge in [0.25, 0.3) is 16.1 Å². The zero-order valence-electron chi connectivity index (χ0n) is 6.98. The lowest BCUT2D eigenvalue weighted by molar-refractivity contribution is 0.0912. The fourth-order valence-corrected chi connectivity index (χ4v) is 1.00. The lowest BCUT2D eigenvalue weighted by atomic mass is 10.5. The Labute approximate surface area is 71.5 Å². The van der Waals surface area contributed by atoms with Gasteiger partial charge in [-0.2, -0.15) is 0 Å². The Morgan fingerprint density at radius 3 is 2.50 bits per heavy atom. The summed E-state index contributed by atoms with van der Waals surface area (Å²) in [5, 5.41) is 0. The van der Waals surface area contributed by atoms with Gasteiger partial charge >= 0.3 is 0 Å². The Balaban J connectivity index is 3.86. The van der Waals surface area contributed by atoms with Gasteiger partial charge in [-0.05, 0) is 13.8 Å². The molecule has 0 heterocycles. The summed E-state index contributed by atoms with van der Waals surface area (Å²) < 4.78 is 29.0. The SMILES string of the molecule is CC(C)OCCS(=O)(=O)N=C=O. The van der Waals surface area contributed by atoms with Gasteiger partial charge in [0, 0.05) is 0 Å². The number of isocyanates is 1. The van der Waals surface area contributed by atoms with Crippen LogP contribution in [0.2, 0.25) is 0 Å². The zero-order chi connectivity index (χ0) is 9.61. The van der Waals surface area contributed by atoms with Crippen LogP contribution in [0.4, 0.5) is 0 Å². The molecule has 6 heteroatoms. The summed E-state index contributed by atoms with van der Waals surface area (Å²) in [6.45, 7) is 3.62. The summed E-state index contributed by atoms with van der Waals surface area (Å²) >= 11 is 0. The van der Waals surface area contributed by atoms with Crippen molar-refractivity contribution in [2.75, 3.05) is 12.4 Å². The highest BCUT2D eigenvalue weighted by Gasteiger charge is 2.07. The highest BCUT2D eigenvalue weighted by molar-refractivity contribution is 7.90. The zero-order valence-corrected chi connectivity index (χ0v) is 7.80. The van der Waals surface area contributed by atoms with E-state index >= 15 is 0 Å². The molecule has 70 valence electrons. The van der Waals surface area contributed by atoms with E-state index in [0.717, 1.165) is 6.08 Å². The van der Waals surface area contributed by atoms with E-state index in [0.29, 0.717) is 0 Å². The van der Waals surface area contributed by atoms with Crippen molar-refractivity contribution < 1.29 is 17.9 Å². The van der Waals surface area contributed by atoms with Crippen molar-refractivity contribution in [1.82, 2.24) is 0 Å². The maximum absolute atomic E-state index is 10.7. The van der Waals surface area contributed by atoms with Gasteiger partial charge in [0.2, 0.25) is 0 Å². The molecular weight excluding hydrogens is 182 g/mol. The molecular formula is C6H11NO4S. The van der Waals surface area contributed by atoms with Crippen molar-refractivity contribution in [3.05, 3.63) is 0 Å². The fraction of sp³-hybridized carbons (Fsp3) is 0.833. The minimum Gasteiger partial charge on any atom is -0.378 e. The number of rotatable bonds is 5. The summed E-state index contributed by atoms with van der Waals surface area (Å²) in [5.41, 5.74) is 0. The van der Waals surface area contributed by atoms with Gasteiger partial charge in [0.15, 0.2) is 0 Å². The smallest absolute Gasteiger partial charge is 0.265 e. The van der Waals surface area contributed by atoms with Crippen molar-refractivity contribution in [3.63, 3.8) is 0 Å². The average Bonchev–Trinajstić information content (AvgIpc) is 1.85. The summed E-state index contributed by atoms with van der Waals surface area (Å²) in [6, 6.07) is 0. The molecule has 0 amide bonds. The number of nitrogens with zero attached hydrogens (tertiary/aromatic N) is 1. The Morgan fingerprint density at radius 1 is 1.50 bits per heavy atom. The van der Waals surface area contributed by atoms with Crippen molar-refractivity contribution in [2.45, 2.75) is 20.0 Å². The summed E-state index contributed by atoms with van der Waals surface area (Å²) in [6.07, 6.45) is 0.950. The third-order valence-electron chi connectivity index (χ3n) is 0.969. The largest absolute Gasteiger partial charge is 0.378 e. The molecule has 5 nitrogen and oxygen atoms in total. The van der Waals surface area contributed by atoms with Crippen molar-refractivity contribution >= 4 is 16.1 Å². The van der Waals surface area contributed by atoms with Crippen LogP contribution < -0.4 is 0 Å². The predicted octanol–water partition coefficient (Wildman–Crippen LogP) is 0.0770. The van der Waals surface area contributed by atoms with Crippen LogP contribution in [-0.2, 0) is 19.6 Å². The molecule has 0 aliphatic carbocycles. The van der Waals surface area contributed by atoms with Gasteiger partial charge < -0.3 is 4.74 Å². The van der Waals surface area contributed by atoms with Gasteiger partial charge in [-0.15, -0.1) is 0 Å². The van der Waals surface area contributed by atoms with E-state index in [1.807, 2.05) is 0 Å². The minimum atomic E-state index is -3.65. The second-order valence-corrected chi connectivity index (χ2v) is 4.14. The summed E-state index contributed by atoms with van der Waals surface area (Å²) in [7, 11) is -3.65. The number of ether oxygens (including phenoxy) is 1. The van der Waals surface area contributed by atoms with Crippen LogP contribution in [0.25, 0.3) is 0 Å². The molecule has 0 aromatic heterocycles. The lowest BCUT2D eigenvalue weighted by Crippen LogP contribution is -2.13. The molecule has 0 unspecified atom stereocenters. The van der Waals surface area contributed by atoms with E-state index in [-0.39, 0.29) is 18.5 Å². The molecule has 0 atom stereocenters. The molecule has 0 saturated heterocycles. The predicted molar refractivity (Wildman–Crippen MR) is 43.0 cm³/mol. The second kappa shape index (κ2) is 5.03. The Hall–Kier alpha value is -0.710. The monoisotopic (exact) mass is 193 g/mol. The van der Waals surface area contributed by atoms with Gasteiger partial charge in [-0.3, -0.25) is 0 Å². The van der Waals surface area contributed by atoms with Crippen molar-refractivity contribution in [2.24, 2.45) is 4.40 Å². The molecule has 0 N–H and O–H groups in total. The average molecular weight is 193 g/mol. The Kier molecular flexibility index (Phi) is 4.73. The fourth-order valence-electron chi connectivity index (χ4n) is 0.492. The van der Waals surface area contributed by atoms with Gasteiger partial charge in [0.05, 0.1) is 18.5 Å². The third kappa shape index (κ3) is 6.03. The first-order valence-electron chi connectivity index (χ1n) is 3.41. The van der Waals surface area contributed by atoms with E-state index < -0.39 is 10.0 Å². The maximum Gasteiger partial charge on any atom is 0.265 e. The first-order chi connectivity index (χ1) is 5.48. The minimum absolute atomic E-state index is 0.0274. The van der Waals surface area contributed by atoms with E-state index in [4.69, 9.17) is 4.74 Å². The number of sulfonamides is 1. The maximum atomic E-state index is 10.7. The molecule has 0 spiro atoms. The van der Waals surface area contributed by atoms with Crippen LogP contribution in [0.5, 0.6) is 0 Å². The van der Waals surface area contributed by atoms with E-state index in [2.05, 4.69) is 4.40 Å². The van der Waals surface area contributed by atoms with Gasteiger partial charge in [0.1, 0.15) is 0 Å². The van der Waals surface area contributed by atoms with Crippen LogP contribution in [0.3, 0.4) is 0 Å². The molecule has 0 fully saturated rings. The molecule has 0 saturated carbocycles. The molecule has 0 aliphatic heterocycles. The lowest BCUT2D eigenvalue weighted by Gasteiger charge is -2.04. The Bertz CT molecular complexity index is 263. The molecule has 0 aliphatic rings. The first kappa shape index (κ1) is 11.3. The normalized spacial score (nSPS) is 11.2. The van der Waals surface area contributed by atoms with E-state index in [9.17, 15) is 13.2 Å². The number of hydrogen-bond acceptors (Lipinski definition) is 4. The molecule has 0 aromatic rings. The second-order valence-electron chi connectivity index (χ2n) is 2.39. The first-order valence-corrected chi connectivity index (χ1v) is 5.02. The van der Waals surface area contributed by atoms with Crippen LogP contribution in [0.1, 0.15) is 13.8 Å². The Morgan fingerprint density at radius 2 is 2.08 bits per heavy atom. The van der Waals surface area contributed by atoms with Crippen LogP contribution >= 0.6 is 0 Å². The highest BCUT2D eigenvalue weighted by atomic mass is 32.2. The topological polar surface area (TPSA) is 72.8 Å². The number of carbonyl (C=O) groups excluding carboxylic acids is 1. The van der Waals surface area contributed by atoms with Crippen molar-refractivity contribution in [3.8, 4) is 0 Å². The third-order valence-corrected chi connectivity index (χ3v) is 2.00. The molecule has 0 aromatic carbocycles. The summed E-state index contributed by atoms with van der Waals surface area (Å²) in [5.74, 6) is -0.277. The molecule has 0 radical (unpaired) electrons. The van der Waals surface area contributed by atoms with E-state index in [1.165, 1.54) is 0 Å². The van der Waals surface area contributed by atoms with Crippen LogP contribution in [-0.4, -0.2) is 33.0 Å². The van der Waals surface area contributed by atoms with E-state index in [1.54, 1.807) is 13.8 Å². The van der Waals surface area contributed by atoms with Crippen LogP contribution in [0.15, 0.2) is 4.40 Å².